The highest BCUT2D eigenvalue weighted by molar-refractivity contribution is 6.41. The summed E-state index contributed by atoms with van der Waals surface area (Å²) in [5, 5.41) is 15.6. The molecule has 2 aromatic heterocycles. The van der Waals surface area contributed by atoms with Crippen LogP contribution in [0.3, 0.4) is 0 Å². The Kier molecular flexibility index (Phi) is 7.85. The van der Waals surface area contributed by atoms with Crippen molar-refractivity contribution in [2.45, 2.75) is 44.9 Å². The maximum Gasteiger partial charge on any atom is 0.416 e. The number of halogens is 4. The predicted octanol–water partition coefficient (Wildman–Crippen LogP) is 2.17. The average molecular weight is 554 g/mol. The number of pyridine rings is 1. The Balaban J connectivity index is 1.71. The second-order valence-corrected chi connectivity index (χ2v) is 8.66. The molecule has 0 amide bonds. The minimum absolute atomic E-state index is 0.111. The van der Waals surface area contributed by atoms with Crippen LogP contribution in [-0.2, 0) is 29.0 Å². The third-order valence-electron chi connectivity index (χ3n) is 5.70. The molecule has 3 heterocycles. The number of aliphatic hydroxyl groups is 1. The molecule has 1 unspecified atom stereocenters. The highest BCUT2D eigenvalue weighted by Crippen LogP contribution is 2.25. The van der Waals surface area contributed by atoms with Gasteiger partial charge >= 0.3 is 17.8 Å². The van der Waals surface area contributed by atoms with Crippen molar-refractivity contribution in [1.29, 1.82) is 0 Å². The van der Waals surface area contributed by atoms with E-state index < -0.39 is 36.6 Å². The number of nitrogens with zero attached hydrogens (tertiary/aromatic N) is 6. The lowest BCUT2D eigenvalue weighted by atomic mass is 10.2. The van der Waals surface area contributed by atoms with Gasteiger partial charge in [-0.25, -0.2) is 34.7 Å². The van der Waals surface area contributed by atoms with Crippen molar-refractivity contribution in [2.75, 3.05) is 12.1 Å². The first-order chi connectivity index (χ1) is 18.0. The van der Waals surface area contributed by atoms with Gasteiger partial charge in [-0.2, -0.15) is 13.2 Å². The van der Waals surface area contributed by atoms with E-state index >= 15 is 0 Å². The molecule has 38 heavy (non-hydrogen) atoms. The van der Waals surface area contributed by atoms with E-state index in [0.29, 0.717) is 22.8 Å². The van der Waals surface area contributed by atoms with Gasteiger partial charge in [0.1, 0.15) is 6.17 Å². The Hall–Kier alpha value is -3.75. The molecule has 3 aromatic rings. The number of aromatic nitrogens is 4. The first-order valence-corrected chi connectivity index (χ1v) is 11.8. The second-order valence-electron chi connectivity index (χ2n) is 8.23. The number of ether oxygens (including phenoxy) is 1. The zero-order valence-corrected chi connectivity index (χ0v) is 20.9. The smallest absolute Gasteiger partial charge is 0.416 e. The molecule has 0 saturated carbocycles. The SMILES string of the molecule is CCc1cccnc1N1NC(Cn2nc(-c3ccc(Cl)cc3)n(C[C@H](O)C(F)(F)F)c2=O)N=C1C(=O)OC. The number of anilines is 1. The minimum Gasteiger partial charge on any atom is -0.463 e. The molecule has 1 aliphatic heterocycles. The first kappa shape index (κ1) is 27.3. The van der Waals surface area contributed by atoms with Crippen LogP contribution in [0.5, 0.6) is 0 Å². The van der Waals surface area contributed by atoms with Gasteiger partial charge in [-0.15, -0.1) is 5.10 Å². The van der Waals surface area contributed by atoms with Crippen molar-refractivity contribution >= 4 is 29.2 Å². The number of alkyl halides is 3. The molecule has 4 rings (SSSR count). The number of aryl methyl sites for hydroxylation is 1. The van der Waals surface area contributed by atoms with Crippen molar-refractivity contribution in [3.05, 3.63) is 63.7 Å². The number of carbonyl (C=O) groups excluding carboxylic acids is 1. The number of hydrogen-bond donors (Lipinski definition) is 2. The summed E-state index contributed by atoms with van der Waals surface area (Å²) in [7, 11) is 1.19. The number of hydrogen-bond acceptors (Lipinski definition) is 9. The summed E-state index contributed by atoms with van der Waals surface area (Å²) in [4.78, 5) is 34.3. The van der Waals surface area contributed by atoms with Crippen molar-refractivity contribution < 1.29 is 27.8 Å². The first-order valence-electron chi connectivity index (χ1n) is 11.4. The minimum atomic E-state index is -4.95. The van der Waals surface area contributed by atoms with Crippen LogP contribution in [0.15, 0.2) is 52.4 Å². The molecule has 0 fully saturated rings. The molecular formula is C23H23ClF3N7O4. The van der Waals surface area contributed by atoms with Gasteiger partial charge in [-0.1, -0.05) is 24.6 Å². The summed E-state index contributed by atoms with van der Waals surface area (Å²) < 4.78 is 45.8. The summed E-state index contributed by atoms with van der Waals surface area (Å²) in [5.74, 6) is -0.598. The maximum atomic E-state index is 13.2. The van der Waals surface area contributed by atoms with E-state index in [-0.39, 0.29) is 18.2 Å². The van der Waals surface area contributed by atoms with E-state index in [0.717, 1.165) is 14.8 Å². The largest absolute Gasteiger partial charge is 0.463 e. The van der Waals surface area contributed by atoms with Crippen molar-refractivity contribution in [3.63, 3.8) is 0 Å². The summed E-state index contributed by atoms with van der Waals surface area (Å²) in [6.45, 7) is 0.567. The van der Waals surface area contributed by atoms with Crippen LogP contribution in [0.1, 0.15) is 12.5 Å². The maximum absolute atomic E-state index is 13.2. The molecule has 0 radical (unpaired) electrons. The van der Waals surface area contributed by atoms with Gasteiger partial charge < -0.3 is 9.84 Å². The summed E-state index contributed by atoms with van der Waals surface area (Å²) in [5.41, 5.74) is 3.16. The molecule has 0 saturated heterocycles. The van der Waals surface area contributed by atoms with Crippen molar-refractivity contribution in [1.82, 2.24) is 24.8 Å². The number of carbonyl (C=O) groups is 1. The number of methoxy groups -OCH3 is 1. The zero-order valence-electron chi connectivity index (χ0n) is 20.2. The van der Waals surface area contributed by atoms with Gasteiger partial charge in [-0.3, -0.25) is 4.57 Å². The predicted molar refractivity (Wildman–Crippen MR) is 131 cm³/mol. The number of hydrazine groups is 1. The van der Waals surface area contributed by atoms with Gasteiger partial charge in [-0.05, 0) is 42.3 Å². The van der Waals surface area contributed by atoms with Crippen LogP contribution in [0.2, 0.25) is 5.02 Å². The number of rotatable bonds is 8. The number of amidine groups is 1. The molecule has 11 nitrogen and oxygen atoms in total. The van der Waals surface area contributed by atoms with E-state index in [1.54, 1.807) is 6.07 Å². The fourth-order valence-corrected chi connectivity index (χ4v) is 3.93. The fraction of sp³-hybridized carbons (Fsp3) is 0.348. The fourth-order valence-electron chi connectivity index (χ4n) is 3.81. The third-order valence-corrected chi connectivity index (χ3v) is 5.95. The summed E-state index contributed by atoms with van der Waals surface area (Å²) in [6, 6.07) is 9.52. The molecule has 0 bridgehead atoms. The molecule has 1 aromatic carbocycles. The van der Waals surface area contributed by atoms with E-state index in [2.05, 4.69) is 20.5 Å². The van der Waals surface area contributed by atoms with Crippen LogP contribution in [0.25, 0.3) is 11.4 Å². The summed E-state index contributed by atoms with van der Waals surface area (Å²) >= 11 is 5.92. The molecular weight excluding hydrogens is 531 g/mol. The monoisotopic (exact) mass is 553 g/mol. The van der Waals surface area contributed by atoms with E-state index in [4.69, 9.17) is 16.3 Å². The quantitative estimate of drug-likeness (QED) is 0.406. The number of aliphatic imine (C=N–C) groups is 1. The Bertz CT molecular complexity index is 1410. The van der Waals surface area contributed by atoms with Crippen LogP contribution in [-0.4, -0.2) is 61.8 Å². The third kappa shape index (κ3) is 5.56. The average Bonchev–Trinajstić information content (AvgIpc) is 3.45. The molecule has 2 atom stereocenters. The van der Waals surface area contributed by atoms with Gasteiger partial charge in [0.05, 0.1) is 20.2 Å². The molecule has 15 heteroatoms. The van der Waals surface area contributed by atoms with Gasteiger partial charge in [0.25, 0.3) is 0 Å². The topological polar surface area (TPSA) is 127 Å². The van der Waals surface area contributed by atoms with Crippen molar-refractivity contribution in [3.8, 4) is 11.4 Å². The van der Waals surface area contributed by atoms with Crippen LogP contribution in [0, 0.1) is 0 Å². The standard InChI is InChI=1S/C23H23ClF3N7O4/c1-3-13-5-4-10-28-18(13)34-20(21(36)38-2)29-17(30-34)12-33-22(37)32(11-16(35)23(25,26)27)19(31-33)14-6-8-15(24)9-7-14/h4-10,16-17,30,35H,3,11-12H2,1-2H3/t16-,17?/m0/s1. The Morgan fingerprint density at radius 2 is 1.97 bits per heavy atom. The number of benzene rings is 1. The Morgan fingerprint density at radius 1 is 1.26 bits per heavy atom. The van der Waals surface area contributed by atoms with E-state index in [1.165, 1.54) is 42.6 Å². The Labute approximate surface area is 219 Å². The van der Waals surface area contributed by atoms with Crippen LogP contribution in [0.4, 0.5) is 19.0 Å². The molecule has 2 N–H and O–H groups in total. The lowest BCUT2D eigenvalue weighted by molar-refractivity contribution is -0.207. The molecule has 0 aliphatic carbocycles. The lowest BCUT2D eigenvalue weighted by Crippen LogP contribution is -2.46. The molecule has 0 spiro atoms. The summed E-state index contributed by atoms with van der Waals surface area (Å²) in [6.07, 6.45) is -6.55. The number of aliphatic hydroxyl groups excluding tert-OH is 1. The molecule has 1 aliphatic rings. The number of esters is 1. The lowest BCUT2D eigenvalue weighted by Gasteiger charge is -2.21. The molecule has 202 valence electrons. The number of nitrogens with one attached hydrogen (secondary N) is 1. The normalized spacial score (nSPS) is 16.4. The van der Waals surface area contributed by atoms with E-state index in [9.17, 15) is 27.9 Å². The zero-order chi connectivity index (χ0) is 27.6. The van der Waals surface area contributed by atoms with Crippen LogP contribution < -0.4 is 16.1 Å². The highest BCUT2D eigenvalue weighted by Gasteiger charge is 2.40. The van der Waals surface area contributed by atoms with Gasteiger partial charge in [0.2, 0.25) is 5.84 Å². The van der Waals surface area contributed by atoms with Crippen LogP contribution >= 0.6 is 11.6 Å². The Morgan fingerprint density at radius 3 is 2.61 bits per heavy atom. The second kappa shape index (κ2) is 10.9. The van der Waals surface area contributed by atoms with Gasteiger partial charge in [0.15, 0.2) is 17.7 Å². The van der Waals surface area contributed by atoms with E-state index in [1.807, 2.05) is 13.0 Å². The van der Waals surface area contributed by atoms with Gasteiger partial charge in [0, 0.05) is 16.8 Å². The van der Waals surface area contributed by atoms with Crippen molar-refractivity contribution in [2.24, 2.45) is 4.99 Å². The highest BCUT2D eigenvalue weighted by atomic mass is 35.5.